The fourth-order valence-corrected chi connectivity index (χ4v) is 4.02. The maximum Gasteiger partial charge on any atom is 0.258 e. The molecular weight excluding hydrogens is 439 g/mol. The predicted molar refractivity (Wildman–Crippen MR) is 122 cm³/mol. The second kappa shape index (κ2) is 8.82. The van der Waals surface area contributed by atoms with Gasteiger partial charge in [0, 0.05) is 25.2 Å². The van der Waals surface area contributed by atoms with Crippen LogP contribution in [0.4, 0.5) is 10.2 Å². The van der Waals surface area contributed by atoms with Gasteiger partial charge in [0.2, 0.25) is 6.41 Å². The average molecular weight is 462 g/mol. The molecule has 0 spiro atoms. The second-order valence-electron chi connectivity index (χ2n) is 7.75. The molecule has 0 radical (unpaired) electrons. The summed E-state index contributed by atoms with van der Waals surface area (Å²) in [5, 5.41) is 17.4. The number of carbonyl (C=O) groups excluding carboxylic acids is 1. The fraction of sp³-hybridized carbons (Fsp3) is 0.261. The van der Waals surface area contributed by atoms with Crippen LogP contribution < -0.4 is 10.5 Å². The molecule has 11 heteroatoms. The summed E-state index contributed by atoms with van der Waals surface area (Å²) in [4.78, 5) is 20.6. The summed E-state index contributed by atoms with van der Waals surface area (Å²) in [5.41, 5.74) is 9.37. The quantitative estimate of drug-likeness (QED) is 0.576. The van der Waals surface area contributed by atoms with E-state index in [-0.39, 0.29) is 23.9 Å². The van der Waals surface area contributed by atoms with Gasteiger partial charge in [0.05, 0.1) is 35.4 Å². The lowest BCUT2D eigenvalue weighted by Crippen LogP contribution is -2.37. The number of aromatic nitrogens is 4. The lowest BCUT2D eigenvalue weighted by molar-refractivity contribution is -0.127. The molecule has 1 atom stereocenters. The number of halogens is 1. The van der Waals surface area contributed by atoms with Gasteiger partial charge in [-0.3, -0.25) is 19.5 Å². The third kappa shape index (κ3) is 3.79. The number of amides is 1. The van der Waals surface area contributed by atoms with E-state index in [9.17, 15) is 14.4 Å². The Labute approximate surface area is 195 Å². The number of benzene rings is 1. The first-order valence-electron chi connectivity index (χ1n) is 10.5. The van der Waals surface area contributed by atoms with Crippen molar-refractivity contribution in [1.82, 2.24) is 29.8 Å². The second-order valence-corrected chi connectivity index (χ2v) is 7.75. The summed E-state index contributed by atoms with van der Waals surface area (Å²) >= 11 is 0. The molecule has 10 nitrogen and oxygen atoms in total. The van der Waals surface area contributed by atoms with Gasteiger partial charge in [0.25, 0.3) is 5.88 Å². The first-order valence-corrected chi connectivity index (χ1v) is 10.5. The van der Waals surface area contributed by atoms with Crippen molar-refractivity contribution in [3.63, 3.8) is 0 Å². The van der Waals surface area contributed by atoms with Crippen LogP contribution in [0.1, 0.15) is 42.5 Å². The molecular formula is C23H23FN8O2. The molecule has 1 aliphatic heterocycles. The zero-order valence-corrected chi connectivity index (χ0v) is 19.2. The van der Waals surface area contributed by atoms with Crippen LogP contribution in [-0.2, 0) is 18.4 Å². The Morgan fingerprint density at radius 3 is 2.85 bits per heavy atom. The van der Waals surface area contributed by atoms with Crippen molar-refractivity contribution in [3.8, 4) is 23.2 Å². The number of hydrogen-bond acceptors (Lipinski definition) is 8. The lowest BCUT2D eigenvalue weighted by atomic mass is 9.99. The highest BCUT2D eigenvalue weighted by Crippen LogP contribution is 2.36. The maximum absolute atomic E-state index is 14.3. The zero-order valence-electron chi connectivity index (χ0n) is 19.2. The minimum Gasteiger partial charge on any atom is -0.467 e. The Morgan fingerprint density at radius 1 is 1.41 bits per heavy atom. The SMILES string of the molecule is C/C=C1/c2ccc(F)cc2C(C)Oc2nc(cnc2N)-c2c(nn(C)c2C#N)CN1N(C)C=O. The molecule has 0 fully saturated rings. The van der Waals surface area contributed by atoms with Gasteiger partial charge in [-0.2, -0.15) is 10.4 Å². The molecule has 4 rings (SSSR count). The number of nitriles is 1. The third-order valence-electron chi connectivity index (χ3n) is 5.65. The van der Waals surface area contributed by atoms with E-state index < -0.39 is 11.9 Å². The standard InChI is InChI=1S/C23H23FN8O2/c1-5-19-15-7-6-14(24)8-16(15)13(2)34-23-22(26)27-10-17(28-23)21-18(11-32(19)30(3)12-33)29-31(4)20(21)9-25/h5-8,10,12-13H,11H2,1-4H3,(H2,26,27)/b19-5-. The van der Waals surface area contributed by atoms with Crippen LogP contribution in [0.2, 0.25) is 0 Å². The highest BCUT2D eigenvalue weighted by molar-refractivity contribution is 5.72. The number of allylic oxidation sites excluding steroid dienone is 1. The van der Waals surface area contributed by atoms with Crippen molar-refractivity contribution in [2.75, 3.05) is 12.8 Å². The Hall–Kier alpha value is -4.46. The van der Waals surface area contributed by atoms with Gasteiger partial charge in [-0.25, -0.2) is 14.4 Å². The zero-order chi connectivity index (χ0) is 24.6. The van der Waals surface area contributed by atoms with E-state index in [0.29, 0.717) is 40.2 Å². The monoisotopic (exact) mass is 462 g/mol. The van der Waals surface area contributed by atoms with Gasteiger partial charge in [0.15, 0.2) is 5.82 Å². The topological polar surface area (TPSA) is 126 Å². The maximum atomic E-state index is 14.3. The molecule has 1 aliphatic rings. The highest BCUT2D eigenvalue weighted by Gasteiger charge is 2.28. The highest BCUT2D eigenvalue weighted by atomic mass is 19.1. The Bertz CT molecular complexity index is 1340. The summed E-state index contributed by atoms with van der Waals surface area (Å²) in [5.74, 6) is -0.322. The molecule has 3 heterocycles. The van der Waals surface area contributed by atoms with Crippen molar-refractivity contribution >= 4 is 17.9 Å². The smallest absolute Gasteiger partial charge is 0.258 e. The van der Waals surface area contributed by atoms with Crippen LogP contribution in [0.15, 0.2) is 30.5 Å². The van der Waals surface area contributed by atoms with Crippen LogP contribution >= 0.6 is 0 Å². The van der Waals surface area contributed by atoms with E-state index in [1.54, 1.807) is 32.1 Å². The van der Waals surface area contributed by atoms with Crippen molar-refractivity contribution in [1.29, 1.82) is 5.26 Å². The molecule has 2 N–H and O–H groups in total. The number of rotatable bonds is 2. The van der Waals surface area contributed by atoms with Crippen LogP contribution in [0.3, 0.4) is 0 Å². The van der Waals surface area contributed by atoms with E-state index in [0.717, 1.165) is 0 Å². The number of aryl methyl sites for hydroxylation is 1. The van der Waals surface area contributed by atoms with E-state index in [4.69, 9.17) is 10.5 Å². The van der Waals surface area contributed by atoms with Crippen molar-refractivity contribution < 1.29 is 13.9 Å². The van der Waals surface area contributed by atoms with E-state index in [1.807, 2.05) is 13.0 Å². The average Bonchev–Trinajstić information content (AvgIpc) is 3.14. The number of hydrazine groups is 1. The lowest BCUT2D eigenvalue weighted by Gasteiger charge is -2.34. The van der Waals surface area contributed by atoms with Gasteiger partial charge < -0.3 is 10.5 Å². The minimum absolute atomic E-state index is 0.0585. The van der Waals surface area contributed by atoms with Gasteiger partial charge in [-0.1, -0.05) is 6.08 Å². The summed E-state index contributed by atoms with van der Waals surface area (Å²) in [6.45, 7) is 3.68. The molecule has 0 saturated heterocycles. The number of ether oxygens (including phenoxy) is 1. The molecule has 174 valence electrons. The Balaban J connectivity index is 2.06. The van der Waals surface area contributed by atoms with Crippen LogP contribution in [-0.4, -0.2) is 43.2 Å². The van der Waals surface area contributed by atoms with Gasteiger partial charge in [0.1, 0.15) is 23.7 Å². The number of carbonyl (C=O) groups is 1. The Kier molecular flexibility index (Phi) is 5.89. The number of anilines is 1. The fourth-order valence-electron chi connectivity index (χ4n) is 4.02. The molecule has 0 aliphatic carbocycles. The number of nitrogen functional groups attached to an aromatic ring is 1. The molecule has 1 aromatic carbocycles. The van der Waals surface area contributed by atoms with Crippen molar-refractivity contribution in [2.45, 2.75) is 26.5 Å². The molecule has 0 saturated carbocycles. The number of nitrogens with two attached hydrogens (primary N) is 1. The summed E-state index contributed by atoms with van der Waals surface area (Å²) in [6, 6.07) is 6.50. The summed E-state index contributed by atoms with van der Waals surface area (Å²) < 4.78 is 21.8. The molecule has 1 amide bonds. The minimum atomic E-state index is -0.667. The predicted octanol–water partition coefficient (Wildman–Crippen LogP) is 2.79. The van der Waals surface area contributed by atoms with E-state index >= 15 is 0 Å². The third-order valence-corrected chi connectivity index (χ3v) is 5.65. The van der Waals surface area contributed by atoms with Crippen molar-refractivity contribution in [2.24, 2.45) is 7.05 Å². The van der Waals surface area contributed by atoms with E-state index in [1.165, 1.54) is 28.0 Å². The molecule has 34 heavy (non-hydrogen) atoms. The number of nitrogens with zero attached hydrogens (tertiary/aromatic N) is 7. The molecule has 2 aromatic heterocycles. The largest absolute Gasteiger partial charge is 0.467 e. The first kappa shape index (κ1) is 22.7. The molecule has 3 aromatic rings. The number of hydrogen-bond donors (Lipinski definition) is 1. The van der Waals surface area contributed by atoms with E-state index in [2.05, 4.69) is 21.1 Å². The van der Waals surface area contributed by atoms with Gasteiger partial charge in [-0.05, 0) is 32.0 Å². The van der Waals surface area contributed by atoms with Gasteiger partial charge in [-0.15, -0.1) is 0 Å². The first-order chi connectivity index (χ1) is 16.3. The van der Waals surface area contributed by atoms with Crippen LogP contribution in [0.25, 0.3) is 17.0 Å². The molecule has 1 unspecified atom stereocenters. The summed E-state index contributed by atoms with van der Waals surface area (Å²) in [6.07, 6.45) is 3.25. The van der Waals surface area contributed by atoms with Crippen LogP contribution in [0, 0.1) is 17.1 Å². The molecule has 2 bridgehead atoms. The van der Waals surface area contributed by atoms with Crippen molar-refractivity contribution in [3.05, 3.63) is 58.8 Å². The van der Waals surface area contributed by atoms with Crippen LogP contribution in [0.5, 0.6) is 5.88 Å². The van der Waals surface area contributed by atoms with Gasteiger partial charge >= 0.3 is 0 Å². The Morgan fingerprint density at radius 2 is 2.18 bits per heavy atom. The summed E-state index contributed by atoms with van der Waals surface area (Å²) in [7, 11) is 3.25. The normalized spacial score (nSPS) is 16.4. The number of fused-ring (bicyclic) bond motifs is 5.